The standard InChI is InChI=1S/C17H19N/c1-13-11-15-9-5-6-10-16(15)17(13)18-12-14-7-3-2-4-8-14/h2-10,13,17-18H,11-12H2,1H3/t13-,17-/m1/s1. The van der Waals surface area contributed by atoms with Gasteiger partial charge in [-0.15, -0.1) is 0 Å². The van der Waals surface area contributed by atoms with Crippen LogP contribution in [0, 0.1) is 5.92 Å². The Balaban J connectivity index is 1.74. The van der Waals surface area contributed by atoms with Crippen molar-refractivity contribution in [1.29, 1.82) is 0 Å². The van der Waals surface area contributed by atoms with E-state index in [1.165, 1.54) is 23.1 Å². The third kappa shape index (κ3) is 2.19. The second kappa shape index (κ2) is 4.95. The minimum absolute atomic E-state index is 0.501. The lowest BCUT2D eigenvalue weighted by molar-refractivity contribution is 0.415. The fourth-order valence-corrected chi connectivity index (χ4v) is 2.93. The maximum Gasteiger partial charge on any atom is 0.0354 e. The van der Waals surface area contributed by atoms with Crippen LogP contribution >= 0.6 is 0 Å². The predicted molar refractivity (Wildman–Crippen MR) is 75.3 cm³/mol. The van der Waals surface area contributed by atoms with Gasteiger partial charge in [-0.3, -0.25) is 0 Å². The minimum atomic E-state index is 0.501. The fourth-order valence-electron chi connectivity index (χ4n) is 2.93. The van der Waals surface area contributed by atoms with Crippen molar-refractivity contribution < 1.29 is 0 Å². The summed E-state index contributed by atoms with van der Waals surface area (Å²) < 4.78 is 0. The van der Waals surface area contributed by atoms with Crippen LogP contribution in [0.3, 0.4) is 0 Å². The van der Waals surface area contributed by atoms with Crippen LogP contribution in [-0.4, -0.2) is 0 Å². The molecule has 0 saturated carbocycles. The molecule has 2 aromatic carbocycles. The number of hydrogen-bond donors (Lipinski definition) is 1. The van der Waals surface area contributed by atoms with Gasteiger partial charge in [-0.1, -0.05) is 61.5 Å². The van der Waals surface area contributed by atoms with Gasteiger partial charge < -0.3 is 5.32 Å². The number of fused-ring (bicyclic) bond motifs is 1. The van der Waals surface area contributed by atoms with Crippen LogP contribution in [0.1, 0.15) is 29.7 Å². The number of hydrogen-bond acceptors (Lipinski definition) is 1. The van der Waals surface area contributed by atoms with E-state index >= 15 is 0 Å². The van der Waals surface area contributed by atoms with Crippen LogP contribution in [0.5, 0.6) is 0 Å². The van der Waals surface area contributed by atoms with Gasteiger partial charge >= 0.3 is 0 Å². The maximum atomic E-state index is 3.70. The molecule has 0 aromatic heterocycles. The number of nitrogens with one attached hydrogen (secondary N) is 1. The highest BCUT2D eigenvalue weighted by atomic mass is 14.9. The molecule has 1 aliphatic rings. The molecule has 0 bridgehead atoms. The van der Waals surface area contributed by atoms with E-state index in [0.717, 1.165) is 6.54 Å². The molecule has 3 rings (SSSR count). The molecule has 92 valence electrons. The van der Waals surface area contributed by atoms with E-state index in [-0.39, 0.29) is 0 Å². The van der Waals surface area contributed by atoms with Gasteiger partial charge in [0.1, 0.15) is 0 Å². The van der Waals surface area contributed by atoms with Crippen molar-refractivity contribution in [1.82, 2.24) is 5.32 Å². The summed E-state index contributed by atoms with van der Waals surface area (Å²) >= 11 is 0. The van der Waals surface area contributed by atoms with Gasteiger partial charge in [0.15, 0.2) is 0 Å². The summed E-state index contributed by atoms with van der Waals surface area (Å²) in [7, 11) is 0. The van der Waals surface area contributed by atoms with Crippen molar-refractivity contribution in [2.75, 3.05) is 0 Å². The Bertz CT molecular complexity index is 518. The van der Waals surface area contributed by atoms with Gasteiger partial charge in [-0.05, 0) is 29.0 Å². The molecule has 1 N–H and O–H groups in total. The predicted octanol–water partition coefficient (Wildman–Crippen LogP) is 3.71. The first-order chi connectivity index (χ1) is 8.84. The quantitative estimate of drug-likeness (QED) is 0.858. The SMILES string of the molecule is C[C@@H]1Cc2ccccc2[C@@H]1NCc1ccccc1. The molecule has 0 unspecified atom stereocenters. The monoisotopic (exact) mass is 237 g/mol. The first-order valence-corrected chi connectivity index (χ1v) is 6.69. The van der Waals surface area contributed by atoms with Crippen LogP contribution < -0.4 is 5.32 Å². The molecule has 2 aromatic rings. The lowest BCUT2D eigenvalue weighted by Gasteiger charge is -2.18. The highest BCUT2D eigenvalue weighted by Gasteiger charge is 2.28. The molecular weight excluding hydrogens is 218 g/mol. The Morgan fingerprint density at radius 1 is 1.00 bits per heavy atom. The van der Waals surface area contributed by atoms with Gasteiger partial charge in [0, 0.05) is 12.6 Å². The Morgan fingerprint density at radius 2 is 1.72 bits per heavy atom. The molecular formula is C17H19N. The highest BCUT2D eigenvalue weighted by molar-refractivity contribution is 5.35. The van der Waals surface area contributed by atoms with E-state index in [2.05, 4.69) is 66.8 Å². The molecule has 1 nitrogen and oxygen atoms in total. The van der Waals surface area contributed by atoms with Gasteiger partial charge in [0.25, 0.3) is 0 Å². The molecule has 1 heteroatoms. The average molecular weight is 237 g/mol. The topological polar surface area (TPSA) is 12.0 Å². The van der Waals surface area contributed by atoms with Crippen molar-refractivity contribution >= 4 is 0 Å². The van der Waals surface area contributed by atoms with Crippen LogP contribution in [-0.2, 0) is 13.0 Å². The summed E-state index contributed by atoms with van der Waals surface area (Å²) in [6.45, 7) is 3.28. The van der Waals surface area contributed by atoms with E-state index < -0.39 is 0 Å². The van der Waals surface area contributed by atoms with Crippen molar-refractivity contribution in [3.63, 3.8) is 0 Å². The van der Waals surface area contributed by atoms with E-state index in [9.17, 15) is 0 Å². The van der Waals surface area contributed by atoms with Gasteiger partial charge in [0.05, 0.1) is 0 Å². The Kier molecular flexibility index (Phi) is 3.16. The third-order valence-electron chi connectivity index (χ3n) is 3.87. The normalized spacial score (nSPS) is 21.8. The number of rotatable bonds is 3. The van der Waals surface area contributed by atoms with Gasteiger partial charge in [-0.2, -0.15) is 0 Å². The van der Waals surface area contributed by atoms with E-state index in [4.69, 9.17) is 0 Å². The van der Waals surface area contributed by atoms with Crippen molar-refractivity contribution in [3.8, 4) is 0 Å². The largest absolute Gasteiger partial charge is 0.306 e. The molecule has 0 heterocycles. The summed E-state index contributed by atoms with van der Waals surface area (Å²) in [6, 6.07) is 19.9. The molecule has 0 amide bonds. The van der Waals surface area contributed by atoms with Crippen LogP contribution in [0.25, 0.3) is 0 Å². The molecule has 1 aliphatic carbocycles. The summed E-state index contributed by atoms with van der Waals surface area (Å²) in [5.74, 6) is 0.686. The second-order valence-corrected chi connectivity index (χ2v) is 5.22. The van der Waals surface area contributed by atoms with Crippen molar-refractivity contribution in [3.05, 3.63) is 71.3 Å². The first kappa shape index (κ1) is 11.5. The van der Waals surface area contributed by atoms with Crippen molar-refractivity contribution in [2.24, 2.45) is 5.92 Å². The fraction of sp³-hybridized carbons (Fsp3) is 0.294. The van der Waals surface area contributed by atoms with Gasteiger partial charge in [-0.25, -0.2) is 0 Å². The van der Waals surface area contributed by atoms with Crippen LogP contribution in [0.4, 0.5) is 0 Å². The van der Waals surface area contributed by atoms with Gasteiger partial charge in [0.2, 0.25) is 0 Å². The molecule has 18 heavy (non-hydrogen) atoms. The summed E-state index contributed by atoms with van der Waals surface area (Å²) in [5, 5.41) is 3.70. The minimum Gasteiger partial charge on any atom is -0.306 e. The zero-order valence-corrected chi connectivity index (χ0v) is 10.8. The molecule has 0 aliphatic heterocycles. The van der Waals surface area contributed by atoms with E-state index in [1.807, 2.05) is 0 Å². The molecule has 0 fully saturated rings. The number of benzene rings is 2. The summed E-state index contributed by atoms with van der Waals surface area (Å²) in [4.78, 5) is 0. The smallest absolute Gasteiger partial charge is 0.0354 e. The summed E-state index contributed by atoms with van der Waals surface area (Å²) in [5.41, 5.74) is 4.35. The average Bonchev–Trinajstić information content (AvgIpc) is 2.73. The zero-order valence-electron chi connectivity index (χ0n) is 10.8. The van der Waals surface area contributed by atoms with Crippen LogP contribution in [0.2, 0.25) is 0 Å². The zero-order chi connectivity index (χ0) is 12.4. The molecule has 2 atom stereocenters. The molecule has 0 spiro atoms. The van der Waals surface area contributed by atoms with Crippen molar-refractivity contribution in [2.45, 2.75) is 25.9 Å². The Morgan fingerprint density at radius 3 is 2.56 bits per heavy atom. The maximum absolute atomic E-state index is 3.70. The summed E-state index contributed by atoms with van der Waals surface area (Å²) in [6.07, 6.45) is 1.20. The molecule has 0 saturated heterocycles. The van der Waals surface area contributed by atoms with Crippen LogP contribution in [0.15, 0.2) is 54.6 Å². The molecule has 0 radical (unpaired) electrons. The second-order valence-electron chi connectivity index (χ2n) is 5.22. The lowest BCUT2D eigenvalue weighted by Crippen LogP contribution is -2.23. The highest BCUT2D eigenvalue weighted by Crippen LogP contribution is 2.35. The lowest BCUT2D eigenvalue weighted by atomic mass is 10.0. The first-order valence-electron chi connectivity index (χ1n) is 6.69. The van der Waals surface area contributed by atoms with E-state index in [1.54, 1.807) is 0 Å². The Labute approximate surface area is 109 Å². The van der Waals surface area contributed by atoms with E-state index in [0.29, 0.717) is 12.0 Å². The Hall–Kier alpha value is -1.60. The third-order valence-corrected chi connectivity index (χ3v) is 3.87.